The van der Waals surface area contributed by atoms with E-state index in [1.165, 1.54) is 11.3 Å². The number of furan rings is 1. The molecule has 2 aromatic heterocycles. The normalized spacial score (nSPS) is 20.6. The molecule has 0 bridgehead atoms. The highest BCUT2D eigenvalue weighted by atomic mass is 32.1. The number of hydrogen-bond acceptors (Lipinski definition) is 5. The van der Waals surface area contributed by atoms with Crippen LogP contribution in [0.1, 0.15) is 30.7 Å². The minimum absolute atomic E-state index is 0.152. The first-order valence-electron chi connectivity index (χ1n) is 7.56. The average Bonchev–Trinajstić information content (AvgIpc) is 3.19. The summed E-state index contributed by atoms with van der Waals surface area (Å²) in [7, 11) is 0. The predicted octanol–water partition coefficient (Wildman–Crippen LogP) is 2.62. The van der Waals surface area contributed by atoms with E-state index in [0.29, 0.717) is 17.9 Å². The van der Waals surface area contributed by atoms with E-state index < -0.39 is 11.9 Å². The Balaban J connectivity index is 1.60. The van der Waals surface area contributed by atoms with Crippen LogP contribution in [0.15, 0.2) is 21.9 Å². The molecule has 2 heterocycles. The number of amides is 1. The summed E-state index contributed by atoms with van der Waals surface area (Å²) in [5.41, 5.74) is 0.668. The molecular weight excluding hydrogens is 316 g/mol. The number of nitrogens with one attached hydrogen (secondary N) is 1. The van der Waals surface area contributed by atoms with Crippen LogP contribution < -0.4 is 5.32 Å². The Morgan fingerprint density at radius 2 is 2.26 bits per heavy atom. The number of aromatic nitrogens is 1. The summed E-state index contributed by atoms with van der Waals surface area (Å²) in [5, 5.41) is 14.5. The molecule has 6 nitrogen and oxygen atoms in total. The van der Waals surface area contributed by atoms with Crippen molar-refractivity contribution in [1.29, 1.82) is 0 Å². The Morgan fingerprint density at radius 1 is 1.43 bits per heavy atom. The van der Waals surface area contributed by atoms with Crippen molar-refractivity contribution in [2.24, 2.45) is 5.92 Å². The fourth-order valence-corrected chi connectivity index (χ4v) is 3.68. The second kappa shape index (κ2) is 6.54. The first-order valence-corrected chi connectivity index (χ1v) is 8.44. The smallest absolute Gasteiger partial charge is 0.308 e. The molecule has 2 N–H and O–H groups in total. The molecule has 3 rings (SSSR count). The van der Waals surface area contributed by atoms with Crippen LogP contribution in [0.2, 0.25) is 0 Å². The Kier molecular flexibility index (Phi) is 4.47. The number of hydrogen-bond donors (Lipinski definition) is 2. The Labute approximate surface area is 137 Å². The van der Waals surface area contributed by atoms with Crippen molar-refractivity contribution < 1.29 is 19.1 Å². The van der Waals surface area contributed by atoms with E-state index in [-0.39, 0.29) is 18.4 Å². The molecule has 122 valence electrons. The summed E-state index contributed by atoms with van der Waals surface area (Å²) in [5.74, 6) is 0.0138. The topological polar surface area (TPSA) is 92.4 Å². The average molecular weight is 334 g/mol. The molecule has 1 aliphatic rings. The molecule has 1 aliphatic carbocycles. The second-order valence-corrected chi connectivity index (χ2v) is 6.64. The van der Waals surface area contributed by atoms with Crippen LogP contribution in [-0.2, 0) is 16.0 Å². The van der Waals surface area contributed by atoms with Gasteiger partial charge in [0.05, 0.1) is 18.0 Å². The highest BCUT2D eigenvalue weighted by Crippen LogP contribution is 2.27. The van der Waals surface area contributed by atoms with Crippen LogP contribution in [0.4, 0.5) is 0 Å². The van der Waals surface area contributed by atoms with Gasteiger partial charge in [-0.15, -0.1) is 11.3 Å². The quantitative estimate of drug-likeness (QED) is 0.877. The van der Waals surface area contributed by atoms with Gasteiger partial charge in [0, 0.05) is 11.4 Å². The molecule has 0 unspecified atom stereocenters. The molecular formula is C16H18N2O4S. The lowest BCUT2D eigenvalue weighted by molar-refractivity contribution is -0.142. The number of aliphatic carboxylic acids is 1. The van der Waals surface area contributed by atoms with E-state index >= 15 is 0 Å². The second-order valence-electron chi connectivity index (χ2n) is 5.78. The van der Waals surface area contributed by atoms with Crippen molar-refractivity contribution in [2.75, 3.05) is 0 Å². The molecule has 0 radical (unpaired) electrons. The van der Waals surface area contributed by atoms with E-state index in [0.717, 1.165) is 23.6 Å². The van der Waals surface area contributed by atoms with E-state index in [2.05, 4.69) is 10.3 Å². The summed E-state index contributed by atoms with van der Waals surface area (Å²) >= 11 is 1.43. The Morgan fingerprint density at radius 3 is 2.96 bits per heavy atom. The zero-order valence-electron chi connectivity index (χ0n) is 12.7. The molecule has 7 heteroatoms. The van der Waals surface area contributed by atoms with Crippen LogP contribution in [0, 0.1) is 12.8 Å². The maximum absolute atomic E-state index is 12.1. The van der Waals surface area contributed by atoms with Crippen molar-refractivity contribution in [3.63, 3.8) is 0 Å². The lowest BCUT2D eigenvalue weighted by Gasteiger charge is -2.17. The lowest BCUT2D eigenvalue weighted by Crippen LogP contribution is -2.40. The van der Waals surface area contributed by atoms with Gasteiger partial charge in [-0.2, -0.15) is 0 Å². The van der Waals surface area contributed by atoms with Crippen molar-refractivity contribution in [2.45, 2.75) is 38.6 Å². The maximum Gasteiger partial charge on any atom is 0.308 e. The SMILES string of the molecule is Cc1ccc(-c2nc(CC(=O)N[C@@H]3CCC[C@@H]3C(=O)O)cs2)o1. The standard InChI is InChI=1S/C16H18N2O4S/c1-9-5-6-13(22-9)15-17-10(8-23-15)7-14(19)18-12-4-2-3-11(12)16(20)21/h5-6,8,11-12H,2-4,7H2,1H3,(H,18,19)(H,20,21)/t11-,12+/m0/s1. The van der Waals surface area contributed by atoms with Crippen molar-refractivity contribution in [3.05, 3.63) is 29.0 Å². The van der Waals surface area contributed by atoms with Crippen molar-refractivity contribution in [1.82, 2.24) is 10.3 Å². The molecule has 1 amide bonds. The fraction of sp³-hybridized carbons (Fsp3) is 0.438. The van der Waals surface area contributed by atoms with Crippen LogP contribution in [0.25, 0.3) is 10.8 Å². The van der Waals surface area contributed by atoms with Gasteiger partial charge in [-0.25, -0.2) is 4.98 Å². The van der Waals surface area contributed by atoms with E-state index in [4.69, 9.17) is 9.52 Å². The zero-order chi connectivity index (χ0) is 16.4. The largest absolute Gasteiger partial charge is 0.481 e. The summed E-state index contributed by atoms with van der Waals surface area (Å²) in [6.07, 6.45) is 2.33. The number of aryl methyl sites for hydroxylation is 1. The number of carbonyl (C=O) groups excluding carboxylic acids is 1. The number of carboxylic acid groups (broad SMARTS) is 1. The van der Waals surface area contributed by atoms with Crippen molar-refractivity contribution in [3.8, 4) is 10.8 Å². The van der Waals surface area contributed by atoms with Crippen LogP contribution in [0.3, 0.4) is 0 Å². The lowest BCUT2D eigenvalue weighted by atomic mass is 10.0. The summed E-state index contributed by atoms with van der Waals surface area (Å²) < 4.78 is 5.52. The fourth-order valence-electron chi connectivity index (χ4n) is 2.90. The summed E-state index contributed by atoms with van der Waals surface area (Å²) in [6.45, 7) is 1.87. The maximum atomic E-state index is 12.1. The van der Waals surface area contributed by atoms with Crippen LogP contribution in [0.5, 0.6) is 0 Å². The van der Waals surface area contributed by atoms with Crippen LogP contribution >= 0.6 is 11.3 Å². The number of thiazole rings is 1. The van der Waals surface area contributed by atoms with Gasteiger partial charge in [0.1, 0.15) is 5.76 Å². The summed E-state index contributed by atoms with van der Waals surface area (Å²) in [4.78, 5) is 27.7. The van der Waals surface area contributed by atoms with Gasteiger partial charge in [-0.3, -0.25) is 9.59 Å². The number of nitrogens with zero attached hydrogens (tertiary/aromatic N) is 1. The minimum atomic E-state index is -0.836. The third-order valence-corrected chi connectivity index (χ3v) is 4.93. The van der Waals surface area contributed by atoms with E-state index in [9.17, 15) is 9.59 Å². The van der Waals surface area contributed by atoms with Gasteiger partial charge in [-0.1, -0.05) is 6.42 Å². The highest BCUT2D eigenvalue weighted by molar-refractivity contribution is 7.13. The molecule has 0 aliphatic heterocycles. The molecule has 1 saturated carbocycles. The predicted molar refractivity (Wildman–Crippen MR) is 85.2 cm³/mol. The molecule has 23 heavy (non-hydrogen) atoms. The molecule has 0 saturated heterocycles. The van der Waals surface area contributed by atoms with Gasteiger partial charge in [0.25, 0.3) is 0 Å². The van der Waals surface area contributed by atoms with Gasteiger partial charge >= 0.3 is 5.97 Å². The highest BCUT2D eigenvalue weighted by Gasteiger charge is 2.33. The first-order chi connectivity index (χ1) is 11.0. The molecule has 1 fully saturated rings. The molecule has 0 aromatic carbocycles. The van der Waals surface area contributed by atoms with Crippen molar-refractivity contribution >= 4 is 23.2 Å². The molecule has 2 atom stereocenters. The van der Waals surface area contributed by atoms with Gasteiger partial charge in [0.2, 0.25) is 5.91 Å². The minimum Gasteiger partial charge on any atom is -0.481 e. The van der Waals surface area contributed by atoms with Gasteiger partial charge in [0.15, 0.2) is 10.8 Å². The number of carbonyl (C=O) groups is 2. The number of carboxylic acids is 1. The van der Waals surface area contributed by atoms with Gasteiger partial charge in [-0.05, 0) is 31.9 Å². The van der Waals surface area contributed by atoms with Gasteiger partial charge < -0.3 is 14.8 Å². The number of rotatable bonds is 5. The molecule has 0 spiro atoms. The van der Waals surface area contributed by atoms with E-state index in [1.807, 2.05) is 24.4 Å². The third kappa shape index (κ3) is 3.61. The monoisotopic (exact) mass is 334 g/mol. The Hall–Kier alpha value is -2.15. The molecule has 2 aromatic rings. The summed E-state index contributed by atoms with van der Waals surface area (Å²) in [6, 6.07) is 3.45. The van der Waals surface area contributed by atoms with E-state index in [1.54, 1.807) is 0 Å². The third-order valence-electron chi connectivity index (χ3n) is 4.02. The zero-order valence-corrected chi connectivity index (χ0v) is 13.6. The van der Waals surface area contributed by atoms with Crippen LogP contribution in [-0.4, -0.2) is 28.0 Å². The Bertz CT molecular complexity index is 721. The first kappa shape index (κ1) is 15.7.